The minimum Gasteiger partial charge on any atom is -0.478 e. The highest BCUT2D eigenvalue weighted by Gasteiger charge is 2.55. The van der Waals surface area contributed by atoms with Gasteiger partial charge in [-0.2, -0.15) is 13.2 Å². The zero-order valence-corrected chi connectivity index (χ0v) is 10.8. The van der Waals surface area contributed by atoms with Crippen molar-refractivity contribution in [3.05, 3.63) is 39.4 Å². The highest BCUT2D eigenvalue weighted by Crippen LogP contribution is 2.45. The van der Waals surface area contributed by atoms with Gasteiger partial charge in [0.15, 0.2) is 5.41 Å². The predicted molar refractivity (Wildman–Crippen MR) is 66.9 cm³/mol. The van der Waals surface area contributed by atoms with Crippen molar-refractivity contribution in [1.82, 2.24) is 0 Å². The lowest BCUT2D eigenvalue weighted by Crippen LogP contribution is -2.41. The van der Waals surface area contributed by atoms with Gasteiger partial charge in [0.2, 0.25) is 0 Å². The normalized spacial score (nSPS) is 14.0. The molecular formula is C13H10F3NO4. The molecule has 0 saturated carbocycles. The van der Waals surface area contributed by atoms with Gasteiger partial charge in [-0.1, -0.05) is 12.8 Å². The highest BCUT2D eigenvalue weighted by molar-refractivity contribution is 5.90. The Hall–Kier alpha value is -2.56. The predicted octanol–water partition coefficient (Wildman–Crippen LogP) is 3.14. The van der Waals surface area contributed by atoms with Gasteiger partial charge < -0.3 is 5.11 Å². The van der Waals surface area contributed by atoms with E-state index in [0.29, 0.717) is 6.07 Å². The number of nitro benzene ring substituents is 1. The number of rotatable bonds is 4. The molecule has 0 radical (unpaired) electrons. The van der Waals surface area contributed by atoms with Crippen molar-refractivity contribution >= 4 is 11.7 Å². The topological polar surface area (TPSA) is 80.4 Å². The van der Waals surface area contributed by atoms with E-state index in [1.165, 1.54) is 0 Å². The van der Waals surface area contributed by atoms with Crippen LogP contribution < -0.4 is 0 Å². The van der Waals surface area contributed by atoms with Gasteiger partial charge in [-0.15, -0.1) is 6.42 Å². The van der Waals surface area contributed by atoms with E-state index >= 15 is 0 Å². The van der Waals surface area contributed by atoms with Crippen LogP contribution in [-0.4, -0.2) is 22.2 Å². The first-order valence-electron chi connectivity index (χ1n) is 5.67. The minimum atomic E-state index is -4.95. The fraction of sp³-hybridized carbons (Fsp3) is 0.308. The van der Waals surface area contributed by atoms with E-state index in [4.69, 9.17) is 11.5 Å². The van der Waals surface area contributed by atoms with Gasteiger partial charge in [-0.25, -0.2) is 4.79 Å². The van der Waals surface area contributed by atoms with Crippen molar-refractivity contribution < 1.29 is 28.0 Å². The van der Waals surface area contributed by atoms with Gasteiger partial charge in [0.25, 0.3) is 5.69 Å². The second kappa shape index (κ2) is 5.44. The Morgan fingerprint density at radius 2 is 2.05 bits per heavy atom. The Balaban J connectivity index is 3.79. The van der Waals surface area contributed by atoms with E-state index in [1.54, 1.807) is 5.92 Å². The summed E-state index contributed by atoms with van der Waals surface area (Å²) < 4.78 is 40.0. The largest absolute Gasteiger partial charge is 0.478 e. The average molecular weight is 301 g/mol. The maximum Gasteiger partial charge on any atom is 0.409 e. The van der Waals surface area contributed by atoms with Crippen molar-refractivity contribution in [2.24, 2.45) is 0 Å². The third kappa shape index (κ3) is 2.67. The molecule has 21 heavy (non-hydrogen) atoms. The van der Waals surface area contributed by atoms with Gasteiger partial charge in [0.1, 0.15) is 0 Å². The number of carboxylic acids is 1. The molecule has 1 N–H and O–H groups in total. The highest BCUT2D eigenvalue weighted by atomic mass is 19.4. The van der Waals surface area contributed by atoms with Crippen molar-refractivity contribution in [3.63, 3.8) is 0 Å². The number of hydrogen-bond acceptors (Lipinski definition) is 3. The number of halogens is 3. The van der Waals surface area contributed by atoms with Crippen LogP contribution in [0.3, 0.4) is 0 Å². The molecule has 0 heterocycles. The fourth-order valence-electron chi connectivity index (χ4n) is 1.99. The van der Waals surface area contributed by atoms with E-state index in [9.17, 15) is 28.1 Å². The van der Waals surface area contributed by atoms with E-state index in [2.05, 4.69) is 0 Å². The monoisotopic (exact) mass is 301 g/mol. The van der Waals surface area contributed by atoms with Crippen LogP contribution in [0.5, 0.6) is 0 Å². The molecule has 0 bridgehead atoms. The molecule has 1 aromatic carbocycles. The van der Waals surface area contributed by atoms with E-state index < -0.39 is 45.7 Å². The lowest BCUT2D eigenvalue weighted by atomic mass is 9.75. The number of carbonyl (C=O) groups is 1. The van der Waals surface area contributed by atoms with E-state index in [0.717, 1.165) is 19.1 Å². The number of benzene rings is 1. The quantitative estimate of drug-likeness (QED) is 0.526. The summed E-state index contributed by atoms with van der Waals surface area (Å²) >= 11 is 0. The van der Waals surface area contributed by atoms with Gasteiger partial charge in [0, 0.05) is 17.7 Å². The number of non-ortho nitro benzene ring substituents is 1. The second-order valence-electron chi connectivity index (χ2n) is 4.19. The molecule has 0 aliphatic carbocycles. The molecular weight excluding hydrogens is 291 g/mol. The van der Waals surface area contributed by atoms with Crippen molar-refractivity contribution in [1.29, 1.82) is 0 Å². The summed E-state index contributed by atoms with van der Waals surface area (Å²) in [4.78, 5) is 20.9. The molecule has 1 unspecified atom stereocenters. The molecule has 0 aromatic heterocycles. The Morgan fingerprint density at radius 3 is 2.38 bits per heavy atom. The first-order chi connectivity index (χ1) is 9.60. The van der Waals surface area contributed by atoms with Crippen LogP contribution in [0, 0.1) is 22.5 Å². The van der Waals surface area contributed by atoms with Gasteiger partial charge >= 0.3 is 12.1 Å². The van der Waals surface area contributed by atoms with Gasteiger partial charge in [-0.05, 0) is 12.5 Å². The summed E-state index contributed by atoms with van der Waals surface area (Å²) in [7, 11) is 0. The lowest BCUT2D eigenvalue weighted by Gasteiger charge is -2.31. The molecule has 1 aromatic rings. The summed E-state index contributed by atoms with van der Waals surface area (Å²) in [5.41, 5.74) is -5.07. The summed E-state index contributed by atoms with van der Waals surface area (Å²) in [5, 5.41) is 19.7. The van der Waals surface area contributed by atoms with Crippen LogP contribution >= 0.6 is 0 Å². The molecule has 1 rings (SSSR count). The molecule has 5 nitrogen and oxygen atoms in total. The lowest BCUT2D eigenvalue weighted by molar-refractivity contribution is -0.385. The van der Waals surface area contributed by atoms with Crippen LogP contribution in [0.4, 0.5) is 18.9 Å². The first-order valence-corrected chi connectivity index (χ1v) is 5.67. The number of alkyl halides is 3. The maximum atomic E-state index is 13.3. The zero-order chi connectivity index (χ0) is 16.4. The molecule has 0 aliphatic heterocycles. The maximum absolute atomic E-state index is 13.3. The average Bonchev–Trinajstić information content (AvgIpc) is 2.38. The summed E-state index contributed by atoms with van der Waals surface area (Å²) in [5.74, 6) is -0.0695. The van der Waals surface area contributed by atoms with E-state index in [-0.39, 0.29) is 0 Å². The zero-order valence-electron chi connectivity index (χ0n) is 10.8. The standard InChI is InChI=1S/C13H10F3NO4/c1-3-12(4-2,13(14,15)16)10-7-8(17(20)21)5-6-9(10)11(18)19/h1,5-7H,4H2,2H3,(H,18,19). The Morgan fingerprint density at radius 1 is 1.48 bits per heavy atom. The number of carboxylic acid groups (broad SMARTS) is 1. The van der Waals surface area contributed by atoms with Gasteiger partial charge in [-0.3, -0.25) is 10.1 Å². The summed E-state index contributed by atoms with van der Waals surface area (Å²) in [6.07, 6.45) is -0.594. The number of terminal acetylenes is 1. The SMILES string of the molecule is C#CC(CC)(c1cc([N+](=O)[O-])ccc1C(=O)O)C(F)(F)F. The Kier molecular flexibility index (Phi) is 4.27. The summed E-state index contributed by atoms with van der Waals surface area (Å²) in [6, 6.07) is 2.14. The molecule has 0 aliphatic rings. The van der Waals surface area contributed by atoms with Crippen LogP contribution in [-0.2, 0) is 5.41 Å². The molecule has 0 saturated heterocycles. The van der Waals surface area contributed by atoms with Crippen LogP contribution in [0.2, 0.25) is 0 Å². The number of nitrogens with zero attached hydrogens (tertiary/aromatic N) is 1. The molecule has 0 amide bonds. The van der Waals surface area contributed by atoms with Gasteiger partial charge in [0.05, 0.1) is 10.5 Å². The third-order valence-corrected chi connectivity index (χ3v) is 3.16. The van der Waals surface area contributed by atoms with Crippen molar-refractivity contribution in [2.75, 3.05) is 0 Å². The third-order valence-electron chi connectivity index (χ3n) is 3.16. The van der Waals surface area contributed by atoms with Crippen molar-refractivity contribution in [2.45, 2.75) is 24.9 Å². The smallest absolute Gasteiger partial charge is 0.409 e. The Labute approximate surface area is 117 Å². The Bertz CT molecular complexity index is 633. The van der Waals surface area contributed by atoms with Crippen LogP contribution in [0.25, 0.3) is 0 Å². The fourth-order valence-corrected chi connectivity index (χ4v) is 1.99. The molecule has 112 valence electrons. The van der Waals surface area contributed by atoms with E-state index in [1.807, 2.05) is 0 Å². The molecule has 0 spiro atoms. The second-order valence-corrected chi connectivity index (χ2v) is 4.19. The van der Waals surface area contributed by atoms with Crippen molar-refractivity contribution in [3.8, 4) is 12.3 Å². The number of hydrogen-bond donors (Lipinski definition) is 1. The minimum absolute atomic E-state index is 0.570. The first kappa shape index (κ1) is 16.5. The van der Waals surface area contributed by atoms with Crippen LogP contribution in [0.15, 0.2) is 18.2 Å². The number of aromatic carboxylic acids is 1. The molecule has 0 fully saturated rings. The molecule has 8 heteroatoms. The molecule has 1 atom stereocenters. The van der Waals surface area contributed by atoms with Crippen LogP contribution in [0.1, 0.15) is 29.3 Å². The summed E-state index contributed by atoms with van der Waals surface area (Å²) in [6.45, 7) is 1.14. The number of nitro groups is 1.